The topological polar surface area (TPSA) is 37.8 Å². The maximum atomic E-state index is 13.6. The SMILES string of the molecule is CC(C)NCc1snnc1-c1ccccc1F. The Bertz CT molecular complexity index is 496. The van der Waals surface area contributed by atoms with E-state index in [9.17, 15) is 4.39 Å². The van der Waals surface area contributed by atoms with Gasteiger partial charge in [-0.15, -0.1) is 5.10 Å². The van der Waals surface area contributed by atoms with Crippen LogP contribution in [0.2, 0.25) is 0 Å². The van der Waals surface area contributed by atoms with E-state index in [2.05, 4.69) is 28.8 Å². The van der Waals surface area contributed by atoms with Gasteiger partial charge in [0.05, 0.1) is 4.88 Å². The zero-order chi connectivity index (χ0) is 12.3. The third-order valence-corrected chi connectivity index (χ3v) is 3.08. The summed E-state index contributed by atoms with van der Waals surface area (Å²) in [6, 6.07) is 7.02. The molecule has 1 aromatic carbocycles. The number of aromatic nitrogens is 2. The van der Waals surface area contributed by atoms with E-state index in [-0.39, 0.29) is 5.82 Å². The van der Waals surface area contributed by atoms with Crippen LogP contribution >= 0.6 is 11.5 Å². The minimum Gasteiger partial charge on any atom is -0.310 e. The highest BCUT2D eigenvalue weighted by molar-refractivity contribution is 7.05. The van der Waals surface area contributed by atoms with Crippen LogP contribution in [-0.2, 0) is 6.54 Å². The molecule has 90 valence electrons. The largest absolute Gasteiger partial charge is 0.310 e. The molecule has 0 aliphatic rings. The highest BCUT2D eigenvalue weighted by atomic mass is 32.1. The molecular weight excluding hydrogens is 237 g/mol. The molecule has 0 amide bonds. The van der Waals surface area contributed by atoms with Crippen LogP contribution in [0.3, 0.4) is 0 Å². The van der Waals surface area contributed by atoms with Crippen LogP contribution in [0.4, 0.5) is 4.39 Å². The predicted octanol–water partition coefficient (Wildman–Crippen LogP) is 2.84. The Kier molecular flexibility index (Phi) is 3.81. The Morgan fingerprint density at radius 1 is 1.35 bits per heavy atom. The second kappa shape index (κ2) is 5.33. The number of rotatable bonds is 4. The lowest BCUT2D eigenvalue weighted by Crippen LogP contribution is -2.21. The maximum Gasteiger partial charge on any atom is 0.132 e. The van der Waals surface area contributed by atoms with Crippen LogP contribution in [-0.4, -0.2) is 15.6 Å². The molecule has 0 aliphatic heterocycles. The molecule has 17 heavy (non-hydrogen) atoms. The average molecular weight is 251 g/mol. The molecule has 2 aromatic rings. The van der Waals surface area contributed by atoms with Gasteiger partial charge in [-0.3, -0.25) is 0 Å². The molecule has 0 radical (unpaired) electrons. The van der Waals surface area contributed by atoms with Gasteiger partial charge in [-0.25, -0.2) is 4.39 Å². The fourth-order valence-electron chi connectivity index (χ4n) is 1.48. The lowest BCUT2D eigenvalue weighted by atomic mass is 10.1. The highest BCUT2D eigenvalue weighted by Crippen LogP contribution is 2.26. The van der Waals surface area contributed by atoms with Crippen LogP contribution < -0.4 is 5.32 Å². The molecule has 2 rings (SSSR count). The van der Waals surface area contributed by atoms with E-state index in [1.807, 2.05) is 0 Å². The van der Waals surface area contributed by atoms with Gasteiger partial charge < -0.3 is 5.32 Å². The van der Waals surface area contributed by atoms with E-state index in [0.29, 0.717) is 23.8 Å². The van der Waals surface area contributed by atoms with Crippen molar-refractivity contribution < 1.29 is 4.39 Å². The van der Waals surface area contributed by atoms with Crippen molar-refractivity contribution in [2.75, 3.05) is 0 Å². The quantitative estimate of drug-likeness (QED) is 0.908. The van der Waals surface area contributed by atoms with Gasteiger partial charge in [-0.05, 0) is 23.7 Å². The van der Waals surface area contributed by atoms with Crippen LogP contribution in [0.1, 0.15) is 18.7 Å². The Hall–Kier alpha value is -1.33. The van der Waals surface area contributed by atoms with Crippen molar-refractivity contribution in [3.8, 4) is 11.3 Å². The summed E-state index contributed by atoms with van der Waals surface area (Å²) in [5.74, 6) is -0.258. The van der Waals surface area contributed by atoms with Crippen LogP contribution in [0.25, 0.3) is 11.3 Å². The molecule has 0 saturated heterocycles. The summed E-state index contributed by atoms with van der Waals surface area (Å²) >= 11 is 1.30. The van der Waals surface area contributed by atoms with Gasteiger partial charge in [0.15, 0.2) is 0 Å². The fraction of sp³-hybridized carbons (Fsp3) is 0.333. The Labute approximate surface area is 104 Å². The Morgan fingerprint density at radius 3 is 2.82 bits per heavy atom. The van der Waals surface area contributed by atoms with E-state index in [1.165, 1.54) is 17.6 Å². The normalized spacial score (nSPS) is 11.1. The van der Waals surface area contributed by atoms with Gasteiger partial charge in [-0.2, -0.15) is 0 Å². The van der Waals surface area contributed by atoms with Crippen molar-refractivity contribution >= 4 is 11.5 Å². The Balaban J connectivity index is 2.28. The first-order chi connectivity index (χ1) is 8.18. The van der Waals surface area contributed by atoms with E-state index in [1.54, 1.807) is 18.2 Å². The molecule has 5 heteroatoms. The summed E-state index contributed by atoms with van der Waals surface area (Å²) in [6.07, 6.45) is 0. The lowest BCUT2D eigenvalue weighted by Gasteiger charge is -2.07. The van der Waals surface area contributed by atoms with E-state index in [4.69, 9.17) is 0 Å². The molecule has 1 aromatic heterocycles. The van der Waals surface area contributed by atoms with E-state index < -0.39 is 0 Å². The summed E-state index contributed by atoms with van der Waals surface area (Å²) in [5.41, 5.74) is 1.16. The minimum absolute atomic E-state index is 0.258. The molecule has 0 saturated carbocycles. The predicted molar refractivity (Wildman–Crippen MR) is 67.3 cm³/mol. The van der Waals surface area contributed by atoms with Crippen LogP contribution in [0, 0.1) is 5.82 Å². The number of halogens is 1. The summed E-state index contributed by atoms with van der Waals surface area (Å²) < 4.78 is 17.6. The van der Waals surface area contributed by atoms with Gasteiger partial charge in [0.1, 0.15) is 11.5 Å². The van der Waals surface area contributed by atoms with Gasteiger partial charge in [0.2, 0.25) is 0 Å². The van der Waals surface area contributed by atoms with Gasteiger partial charge in [0, 0.05) is 18.2 Å². The third-order valence-electron chi connectivity index (χ3n) is 2.36. The molecule has 3 nitrogen and oxygen atoms in total. The Morgan fingerprint density at radius 2 is 2.12 bits per heavy atom. The van der Waals surface area contributed by atoms with E-state index >= 15 is 0 Å². The monoisotopic (exact) mass is 251 g/mol. The van der Waals surface area contributed by atoms with Gasteiger partial charge >= 0.3 is 0 Å². The number of benzene rings is 1. The molecule has 1 heterocycles. The molecule has 0 bridgehead atoms. The maximum absolute atomic E-state index is 13.6. The van der Waals surface area contributed by atoms with Crippen molar-refractivity contribution in [1.82, 2.24) is 14.9 Å². The summed E-state index contributed by atoms with van der Waals surface area (Å²) in [4.78, 5) is 0.962. The first-order valence-electron chi connectivity index (χ1n) is 5.48. The molecule has 0 unspecified atom stereocenters. The number of nitrogens with one attached hydrogen (secondary N) is 1. The molecular formula is C12H14FN3S. The van der Waals surface area contributed by atoms with Gasteiger partial charge in [0.25, 0.3) is 0 Å². The second-order valence-electron chi connectivity index (χ2n) is 4.06. The van der Waals surface area contributed by atoms with E-state index in [0.717, 1.165) is 4.88 Å². The number of hydrogen-bond acceptors (Lipinski definition) is 4. The molecule has 0 atom stereocenters. The summed E-state index contributed by atoms with van der Waals surface area (Å²) in [5, 5.41) is 7.30. The van der Waals surface area contributed by atoms with Crippen molar-refractivity contribution in [3.05, 3.63) is 35.0 Å². The van der Waals surface area contributed by atoms with Crippen LogP contribution in [0.5, 0.6) is 0 Å². The minimum atomic E-state index is -0.258. The lowest BCUT2D eigenvalue weighted by molar-refractivity contribution is 0.592. The number of hydrogen-bond donors (Lipinski definition) is 1. The van der Waals surface area contributed by atoms with Crippen molar-refractivity contribution in [2.45, 2.75) is 26.4 Å². The summed E-state index contributed by atoms with van der Waals surface area (Å²) in [7, 11) is 0. The second-order valence-corrected chi connectivity index (χ2v) is 4.90. The van der Waals surface area contributed by atoms with Crippen molar-refractivity contribution in [3.63, 3.8) is 0 Å². The first-order valence-corrected chi connectivity index (χ1v) is 6.25. The highest BCUT2D eigenvalue weighted by Gasteiger charge is 2.13. The third kappa shape index (κ3) is 2.87. The van der Waals surface area contributed by atoms with Crippen molar-refractivity contribution in [1.29, 1.82) is 0 Å². The molecule has 0 fully saturated rings. The molecule has 0 spiro atoms. The summed E-state index contributed by atoms with van der Waals surface area (Å²) in [6.45, 7) is 4.80. The zero-order valence-corrected chi connectivity index (χ0v) is 10.6. The van der Waals surface area contributed by atoms with Crippen molar-refractivity contribution in [2.24, 2.45) is 0 Å². The molecule has 0 aliphatic carbocycles. The van der Waals surface area contributed by atoms with Gasteiger partial charge in [-0.1, -0.05) is 30.5 Å². The first kappa shape index (κ1) is 12.1. The zero-order valence-electron chi connectivity index (χ0n) is 9.77. The fourth-order valence-corrected chi connectivity index (χ4v) is 2.09. The average Bonchev–Trinajstić information content (AvgIpc) is 2.75. The number of nitrogens with zero attached hydrogens (tertiary/aromatic N) is 2. The molecule has 1 N–H and O–H groups in total. The standard InChI is InChI=1S/C12H14FN3S/c1-8(2)14-7-11-12(15-16-17-11)9-5-3-4-6-10(9)13/h3-6,8,14H,7H2,1-2H3. The van der Waals surface area contributed by atoms with Crippen LogP contribution in [0.15, 0.2) is 24.3 Å². The smallest absolute Gasteiger partial charge is 0.132 e.